The normalized spacial score (nSPS) is 38.2. The third-order valence-corrected chi connectivity index (χ3v) is 4.48. The molecule has 2 rings (SSSR count). The molecule has 1 saturated carbocycles. The van der Waals surface area contributed by atoms with E-state index in [2.05, 4.69) is 24.1 Å². The lowest BCUT2D eigenvalue weighted by molar-refractivity contribution is 0.0978. The zero-order valence-corrected chi connectivity index (χ0v) is 11.0. The number of nitrogens with one attached hydrogen (secondary N) is 1. The predicted molar refractivity (Wildman–Crippen MR) is 69.6 cm³/mol. The van der Waals surface area contributed by atoms with Gasteiger partial charge in [-0.2, -0.15) is 0 Å². The van der Waals surface area contributed by atoms with Gasteiger partial charge >= 0.3 is 0 Å². The molecule has 3 unspecified atom stereocenters. The van der Waals surface area contributed by atoms with Gasteiger partial charge in [-0.15, -0.1) is 0 Å². The highest BCUT2D eigenvalue weighted by Crippen LogP contribution is 2.31. The summed E-state index contributed by atoms with van der Waals surface area (Å²) in [4.78, 5) is 2.79. The summed E-state index contributed by atoms with van der Waals surface area (Å²) in [6, 6.07) is 0.890. The SMILES string of the molecule is CCC1CCCCC1N1CCNCC(C)C1. The second-order valence-corrected chi connectivity index (χ2v) is 5.82. The number of nitrogens with zero attached hydrogens (tertiary/aromatic N) is 1. The van der Waals surface area contributed by atoms with Crippen LogP contribution >= 0.6 is 0 Å². The lowest BCUT2D eigenvalue weighted by Gasteiger charge is -2.40. The van der Waals surface area contributed by atoms with Crippen molar-refractivity contribution in [2.45, 2.75) is 52.0 Å². The fourth-order valence-corrected chi connectivity index (χ4v) is 3.57. The summed E-state index contributed by atoms with van der Waals surface area (Å²) >= 11 is 0. The van der Waals surface area contributed by atoms with Crippen LogP contribution in [0.15, 0.2) is 0 Å². The Morgan fingerprint density at radius 1 is 1.25 bits per heavy atom. The summed E-state index contributed by atoms with van der Waals surface area (Å²) in [5.41, 5.74) is 0. The molecule has 2 aliphatic rings. The van der Waals surface area contributed by atoms with Gasteiger partial charge in [0.15, 0.2) is 0 Å². The molecule has 2 fully saturated rings. The largest absolute Gasteiger partial charge is 0.315 e. The van der Waals surface area contributed by atoms with Crippen molar-refractivity contribution in [3.8, 4) is 0 Å². The quantitative estimate of drug-likeness (QED) is 0.775. The minimum absolute atomic E-state index is 0.821. The Morgan fingerprint density at radius 3 is 2.88 bits per heavy atom. The number of hydrogen-bond acceptors (Lipinski definition) is 2. The van der Waals surface area contributed by atoms with Gasteiger partial charge in [0, 0.05) is 25.7 Å². The monoisotopic (exact) mass is 224 g/mol. The molecule has 2 nitrogen and oxygen atoms in total. The second-order valence-electron chi connectivity index (χ2n) is 5.82. The van der Waals surface area contributed by atoms with Gasteiger partial charge in [-0.25, -0.2) is 0 Å². The summed E-state index contributed by atoms with van der Waals surface area (Å²) in [6.07, 6.45) is 7.23. The molecule has 0 bridgehead atoms. The average Bonchev–Trinajstić information content (AvgIpc) is 2.54. The summed E-state index contributed by atoms with van der Waals surface area (Å²) < 4.78 is 0. The Labute approximate surface area is 101 Å². The highest BCUT2D eigenvalue weighted by Gasteiger charge is 2.30. The summed E-state index contributed by atoms with van der Waals surface area (Å²) in [6.45, 7) is 9.74. The van der Waals surface area contributed by atoms with Crippen molar-refractivity contribution < 1.29 is 0 Å². The Bertz CT molecular complexity index is 205. The maximum atomic E-state index is 3.56. The van der Waals surface area contributed by atoms with Crippen LogP contribution in [0.25, 0.3) is 0 Å². The molecule has 1 aliphatic heterocycles. The van der Waals surface area contributed by atoms with E-state index in [0.717, 1.165) is 17.9 Å². The van der Waals surface area contributed by atoms with E-state index in [9.17, 15) is 0 Å². The van der Waals surface area contributed by atoms with E-state index >= 15 is 0 Å². The van der Waals surface area contributed by atoms with E-state index in [1.165, 1.54) is 58.3 Å². The molecule has 0 spiro atoms. The summed E-state index contributed by atoms with van der Waals surface area (Å²) in [5, 5.41) is 3.56. The van der Waals surface area contributed by atoms with Crippen LogP contribution in [0, 0.1) is 11.8 Å². The van der Waals surface area contributed by atoms with Gasteiger partial charge < -0.3 is 5.32 Å². The number of hydrogen-bond donors (Lipinski definition) is 1. The van der Waals surface area contributed by atoms with Crippen molar-refractivity contribution in [2.24, 2.45) is 11.8 Å². The van der Waals surface area contributed by atoms with Gasteiger partial charge in [-0.3, -0.25) is 4.90 Å². The Balaban J connectivity index is 1.96. The lowest BCUT2D eigenvalue weighted by Crippen LogP contribution is -2.44. The van der Waals surface area contributed by atoms with E-state index in [0.29, 0.717) is 0 Å². The molecule has 1 N–H and O–H groups in total. The van der Waals surface area contributed by atoms with Gasteiger partial charge in [0.1, 0.15) is 0 Å². The molecule has 0 radical (unpaired) electrons. The van der Waals surface area contributed by atoms with E-state index in [4.69, 9.17) is 0 Å². The molecule has 0 aromatic rings. The molecule has 2 heteroatoms. The molecular weight excluding hydrogens is 196 g/mol. The number of rotatable bonds is 2. The van der Waals surface area contributed by atoms with Crippen molar-refractivity contribution in [3.63, 3.8) is 0 Å². The van der Waals surface area contributed by atoms with Crippen LogP contribution in [0.1, 0.15) is 46.0 Å². The standard InChI is InChI=1S/C14H28N2/c1-3-13-6-4-5-7-14(13)16-9-8-15-10-12(2)11-16/h12-15H,3-11H2,1-2H3. The van der Waals surface area contributed by atoms with E-state index in [1.807, 2.05) is 0 Å². The maximum absolute atomic E-state index is 3.56. The minimum Gasteiger partial charge on any atom is -0.315 e. The van der Waals surface area contributed by atoms with Crippen LogP contribution in [0.2, 0.25) is 0 Å². The molecule has 1 heterocycles. The fourth-order valence-electron chi connectivity index (χ4n) is 3.57. The van der Waals surface area contributed by atoms with Crippen molar-refractivity contribution in [1.29, 1.82) is 0 Å². The molecule has 0 aromatic heterocycles. The maximum Gasteiger partial charge on any atom is 0.0124 e. The third-order valence-electron chi connectivity index (χ3n) is 4.48. The first-order valence-corrected chi connectivity index (χ1v) is 7.26. The molecule has 1 saturated heterocycles. The zero-order chi connectivity index (χ0) is 11.4. The minimum atomic E-state index is 0.821. The van der Waals surface area contributed by atoms with Crippen LogP contribution in [0.5, 0.6) is 0 Å². The van der Waals surface area contributed by atoms with Crippen molar-refractivity contribution in [2.75, 3.05) is 26.2 Å². The average molecular weight is 224 g/mol. The first kappa shape index (κ1) is 12.4. The van der Waals surface area contributed by atoms with Crippen LogP contribution in [-0.2, 0) is 0 Å². The first-order chi connectivity index (χ1) is 7.81. The highest BCUT2D eigenvalue weighted by molar-refractivity contribution is 4.85. The lowest BCUT2D eigenvalue weighted by atomic mass is 9.81. The molecule has 0 amide bonds. The fraction of sp³-hybridized carbons (Fsp3) is 1.00. The van der Waals surface area contributed by atoms with Crippen molar-refractivity contribution in [1.82, 2.24) is 10.2 Å². The molecule has 16 heavy (non-hydrogen) atoms. The summed E-state index contributed by atoms with van der Waals surface area (Å²) in [7, 11) is 0. The van der Waals surface area contributed by atoms with E-state index < -0.39 is 0 Å². The molecule has 94 valence electrons. The molecular formula is C14H28N2. The molecule has 3 atom stereocenters. The van der Waals surface area contributed by atoms with Crippen LogP contribution < -0.4 is 5.32 Å². The van der Waals surface area contributed by atoms with Crippen molar-refractivity contribution in [3.05, 3.63) is 0 Å². The zero-order valence-electron chi connectivity index (χ0n) is 11.0. The van der Waals surface area contributed by atoms with Gasteiger partial charge in [0.05, 0.1) is 0 Å². The van der Waals surface area contributed by atoms with E-state index in [-0.39, 0.29) is 0 Å². The predicted octanol–water partition coefficient (Wildman–Crippen LogP) is 2.50. The molecule has 0 aromatic carbocycles. The smallest absolute Gasteiger partial charge is 0.0124 e. The molecule has 1 aliphatic carbocycles. The van der Waals surface area contributed by atoms with E-state index in [1.54, 1.807) is 0 Å². The van der Waals surface area contributed by atoms with Crippen molar-refractivity contribution >= 4 is 0 Å². The van der Waals surface area contributed by atoms with Gasteiger partial charge in [-0.1, -0.05) is 33.1 Å². The first-order valence-electron chi connectivity index (χ1n) is 7.26. The van der Waals surface area contributed by atoms with Gasteiger partial charge in [0.2, 0.25) is 0 Å². The highest BCUT2D eigenvalue weighted by atomic mass is 15.2. The Hall–Kier alpha value is -0.0800. The third kappa shape index (κ3) is 2.98. The second kappa shape index (κ2) is 6.02. The Kier molecular flexibility index (Phi) is 4.66. The van der Waals surface area contributed by atoms with Crippen LogP contribution in [0.4, 0.5) is 0 Å². The van der Waals surface area contributed by atoms with Gasteiger partial charge in [0.25, 0.3) is 0 Å². The summed E-state index contributed by atoms with van der Waals surface area (Å²) in [5.74, 6) is 1.79. The van der Waals surface area contributed by atoms with Gasteiger partial charge in [-0.05, 0) is 31.2 Å². The van der Waals surface area contributed by atoms with Crippen LogP contribution in [-0.4, -0.2) is 37.1 Å². The van der Waals surface area contributed by atoms with Crippen LogP contribution in [0.3, 0.4) is 0 Å². The Morgan fingerprint density at radius 2 is 2.06 bits per heavy atom. The topological polar surface area (TPSA) is 15.3 Å².